The van der Waals surface area contributed by atoms with Crippen molar-refractivity contribution in [3.63, 3.8) is 0 Å². The molecule has 0 saturated carbocycles. The Morgan fingerprint density at radius 3 is 2.62 bits per heavy atom. The van der Waals surface area contributed by atoms with E-state index in [2.05, 4.69) is 21.3 Å². The number of nitrogens with zero attached hydrogens (tertiary/aromatic N) is 3. The van der Waals surface area contributed by atoms with Crippen molar-refractivity contribution in [2.24, 2.45) is 5.92 Å². The van der Waals surface area contributed by atoms with Crippen LogP contribution in [0.3, 0.4) is 0 Å². The lowest BCUT2D eigenvalue weighted by atomic mass is 9.98. The van der Waals surface area contributed by atoms with Crippen LogP contribution < -0.4 is 10.2 Å². The van der Waals surface area contributed by atoms with Crippen LogP contribution in [0.15, 0.2) is 42.0 Å². The Bertz CT molecular complexity index is 920. The summed E-state index contributed by atoms with van der Waals surface area (Å²) in [6.07, 6.45) is -0.558. The van der Waals surface area contributed by atoms with Crippen LogP contribution in [0.2, 0.25) is 0 Å². The number of halogens is 4. The molecule has 4 rings (SSSR count). The van der Waals surface area contributed by atoms with Gasteiger partial charge in [0.05, 0.1) is 22.5 Å². The van der Waals surface area contributed by atoms with Crippen molar-refractivity contribution >= 4 is 40.3 Å². The zero-order chi connectivity index (χ0) is 19.7. The van der Waals surface area contributed by atoms with E-state index in [1.807, 2.05) is 18.2 Å². The first kappa shape index (κ1) is 21.9. The van der Waals surface area contributed by atoms with Crippen LogP contribution in [-0.4, -0.2) is 41.9 Å². The lowest BCUT2D eigenvalue weighted by molar-refractivity contribution is -0.180. The fraction of sp³-hybridized carbons (Fsp3) is 0.450. The van der Waals surface area contributed by atoms with E-state index in [9.17, 15) is 13.2 Å². The quantitative estimate of drug-likeness (QED) is 0.607. The Morgan fingerprint density at radius 1 is 1.21 bits per heavy atom. The molecule has 1 N–H and O–H groups in total. The summed E-state index contributed by atoms with van der Waals surface area (Å²) in [7, 11) is 0. The van der Waals surface area contributed by atoms with E-state index in [1.165, 1.54) is 18.3 Å². The highest BCUT2D eigenvalue weighted by Crippen LogP contribution is 2.39. The lowest BCUT2D eigenvalue weighted by Crippen LogP contribution is -2.43. The molecule has 2 aromatic heterocycles. The number of thiazole rings is 1. The summed E-state index contributed by atoms with van der Waals surface area (Å²) in [5.41, 5.74) is 1.93. The van der Waals surface area contributed by atoms with Crippen LogP contribution in [0.1, 0.15) is 18.0 Å². The molecule has 3 heterocycles. The first-order valence-electron chi connectivity index (χ1n) is 9.45. The van der Waals surface area contributed by atoms with Crippen molar-refractivity contribution < 1.29 is 13.2 Å². The number of benzene rings is 1. The minimum absolute atomic E-state index is 0. The topological polar surface area (TPSA) is 33.1 Å². The Morgan fingerprint density at radius 2 is 1.97 bits per heavy atom. The maximum absolute atomic E-state index is 13.6. The van der Waals surface area contributed by atoms with Gasteiger partial charge in [0.15, 0.2) is 0 Å². The average molecular weight is 445 g/mol. The van der Waals surface area contributed by atoms with Crippen molar-refractivity contribution in [1.29, 1.82) is 0 Å². The highest BCUT2D eigenvalue weighted by Gasteiger charge is 2.42. The number of piperazine rings is 1. The van der Waals surface area contributed by atoms with Crippen LogP contribution in [-0.2, 0) is 6.42 Å². The van der Waals surface area contributed by atoms with E-state index < -0.39 is 18.1 Å². The van der Waals surface area contributed by atoms with E-state index in [-0.39, 0.29) is 18.8 Å². The van der Waals surface area contributed by atoms with E-state index >= 15 is 0 Å². The molecule has 1 aliphatic heterocycles. The van der Waals surface area contributed by atoms with Crippen molar-refractivity contribution in [2.45, 2.75) is 25.6 Å². The predicted molar refractivity (Wildman–Crippen MR) is 114 cm³/mol. The largest absolute Gasteiger partial charge is 0.393 e. The van der Waals surface area contributed by atoms with Gasteiger partial charge in [0.1, 0.15) is 0 Å². The number of hydrogen-bond acceptors (Lipinski definition) is 4. The molecular weight excluding hydrogens is 421 g/mol. The van der Waals surface area contributed by atoms with Crippen LogP contribution in [0, 0.1) is 5.92 Å². The second kappa shape index (κ2) is 8.93. The van der Waals surface area contributed by atoms with Gasteiger partial charge in [-0.25, -0.2) is 4.98 Å². The molecule has 3 aromatic rings. The lowest BCUT2D eigenvalue weighted by Gasteiger charge is -2.30. The van der Waals surface area contributed by atoms with Gasteiger partial charge in [-0.1, -0.05) is 13.0 Å². The summed E-state index contributed by atoms with van der Waals surface area (Å²) in [4.78, 5) is 6.52. The molecule has 0 spiro atoms. The molecule has 1 saturated heterocycles. The van der Waals surface area contributed by atoms with Gasteiger partial charge in [0, 0.05) is 61.4 Å². The van der Waals surface area contributed by atoms with Crippen LogP contribution in [0.25, 0.3) is 10.9 Å². The minimum atomic E-state index is -4.27. The highest BCUT2D eigenvalue weighted by atomic mass is 35.5. The number of anilines is 1. The fourth-order valence-corrected chi connectivity index (χ4v) is 4.58. The third kappa shape index (κ3) is 4.54. The van der Waals surface area contributed by atoms with Gasteiger partial charge < -0.3 is 14.8 Å². The summed E-state index contributed by atoms with van der Waals surface area (Å²) >= 11 is 1.40. The smallest absolute Gasteiger partial charge is 0.368 e. The third-order valence-corrected chi connectivity index (χ3v) is 6.32. The monoisotopic (exact) mass is 444 g/mol. The second-order valence-corrected chi connectivity index (χ2v) is 8.18. The van der Waals surface area contributed by atoms with Crippen molar-refractivity contribution in [3.05, 3.63) is 47.0 Å². The first-order valence-corrected chi connectivity index (χ1v) is 10.3. The second-order valence-electron chi connectivity index (χ2n) is 7.20. The molecule has 0 radical (unpaired) electrons. The van der Waals surface area contributed by atoms with E-state index in [0.29, 0.717) is 0 Å². The Kier molecular flexibility index (Phi) is 6.76. The van der Waals surface area contributed by atoms with Gasteiger partial charge in [0.2, 0.25) is 0 Å². The molecule has 29 heavy (non-hydrogen) atoms. The van der Waals surface area contributed by atoms with Gasteiger partial charge in [-0.3, -0.25) is 0 Å². The summed E-state index contributed by atoms with van der Waals surface area (Å²) in [6.45, 7) is 4.88. The number of hydrogen-bond donors (Lipinski definition) is 1. The number of fused-ring (bicyclic) bond motifs is 1. The summed E-state index contributed by atoms with van der Waals surface area (Å²) in [5, 5.41) is 6.87. The molecule has 0 bridgehead atoms. The van der Waals surface area contributed by atoms with E-state index in [0.717, 1.165) is 47.8 Å². The molecule has 2 atom stereocenters. The number of rotatable bonds is 5. The molecule has 4 nitrogen and oxygen atoms in total. The van der Waals surface area contributed by atoms with Gasteiger partial charge >= 0.3 is 6.18 Å². The van der Waals surface area contributed by atoms with Gasteiger partial charge in [-0.2, -0.15) is 13.2 Å². The molecule has 0 aliphatic carbocycles. The molecule has 1 fully saturated rings. The fourth-order valence-electron chi connectivity index (χ4n) is 3.91. The van der Waals surface area contributed by atoms with Gasteiger partial charge in [-0.15, -0.1) is 23.7 Å². The first-order chi connectivity index (χ1) is 13.4. The number of alkyl halides is 3. The van der Waals surface area contributed by atoms with Crippen LogP contribution >= 0.6 is 23.7 Å². The van der Waals surface area contributed by atoms with Crippen LogP contribution in [0.4, 0.5) is 18.9 Å². The third-order valence-electron chi connectivity index (χ3n) is 5.52. The zero-order valence-corrected chi connectivity index (χ0v) is 17.7. The number of nitrogens with one attached hydrogen (secondary N) is 1. The molecule has 158 valence electrons. The van der Waals surface area contributed by atoms with Gasteiger partial charge in [0.25, 0.3) is 0 Å². The Balaban J connectivity index is 0.00000240. The molecular formula is C20H24ClF3N4S. The molecule has 9 heteroatoms. The standard InChI is InChI=1S/C20H23F3N4S.ClH/c1-14(20(21,22)23)18(13-19-25-8-12-28-19)27-9-5-15-16(3-2-4-17(15)27)26-10-6-24-7-11-26;/h2-5,8-9,12,14,18,24H,6-7,10-11,13H2,1H3;1H. The zero-order valence-electron chi connectivity index (χ0n) is 16.0. The highest BCUT2D eigenvalue weighted by molar-refractivity contribution is 7.09. The number of aromatic nitrogens is 2. The van der Waals surface area contributed by atoms with Crippen LogP contribution in [0.5, 0.6) is 0 Å². The Hall–Kier alpha value is -1.77. The normalized spacial score (nSPS) is 17.2. The maximum atomic E-state index is 13.6. The van der Waals surface area contributed by atoms with E-state index in [4.69, 9.17) is 0 Å². The molecule has 1 aliphatic rings. The van der Waals surface area contributed by atoms with Crippen molar-refractivity contribution in [3.8, 4) is 0 Å². The summed E-state index contributed by atoms with van der Waals surface area (Å²) < 4.78 is 42.7. The Labute approximate surface area is 178 Å². The van der Waals surface area contributed by atoms with Crippen molar-refractivity contribution in [2.75, 3.05) is 31.1 Å². The summed E-state index contributed by atoms with van der Waals surface area (Å²) in [5.74, 6) is -1.48. The SMILES string of the molecule is CC(C(Cc1nccs1)n1ccc2c(N3CCNCC3)cccc21)C(F)(F)F.Cl. The minimum Gasteiger partial charge on any atom is -0.368 e. The van der Waals surface area contributed by atoms with Gasteiger partial charge in [-0.05, 0) is 18.2 Å². The summed E-state index contributed by atoms with van der Waals surface area (Å²) in [6, 6.07) is 7.13. The maximum Gasteiger partial charge on any atom is 0.393 e. The van der Waals surface area contributed by atoms with E-state index in [1.54, 1.807) is 22.3 Å². The average Bonchev–Trinajstić information content (AvgIpc) is 3.35. The molecule has 1 aromatic carbocycles. The van der Waals surface area contributed by atoms with Crippen molar-refractivity contribution in [1.82, 2.24) is 14.9 Å². The predicted octanol–water partition coefficient (Wildman–Crippen LogP) is 4.91. The molecule has 2 unspecified atom stereocenters. The molecule has 0 amide bonds.